The van der Waals surface area contributed by atoms with Crippen LogP contribution in [0, 0.1) is 12.8 Å². The Hall–Kier alpha value is -3.14. The Morgan fingerprint density at radius 1 is 1.11 bits per heavy atom. The summed E-state index contributed by atoms with van der Waals surface area (Å²) in [6.45, 7) is 7.57. The van der Waals surface area contributed by atoms with E-state index in [1.807, 2.05) is 30.9 Å². The van der Waals surface area contributed by atoms with Crippen LogP contribution in [0.1, 0.15) is 56.6 Å². The highest BCUT2D eigenvalue weighted by Crippen LogP contribution is 2.28. The molecule has 3 fully saturated rings. The van der Waals surface area contributed by atoms with E-state index in [0.717, 1.165) is 56.3 Å². The van der Waals surface area contributed by atoms with Gasteiger partial charge in [0.1, 0.15) is 12.6 Å². The van der Waals surface area contributed by atoms with Crippen LogP contribution >= 0.6 is 0 Å². The fourth-order valence-electron chi connectivity index (χ4n) is 6.36. The Bertz CT molecular complexity index is 1240. The molecule has 0 radical (unpaired) electrons. The third kappa shape index (κ3) is 5.65. The number of aryl methyl sites for hydroxylation is 1. The Morgan fingerprint density at radius 2 is 1.89 bits per heavy atom. The van der Waals surface area contributed by atoms with Crippen molar-refractivity contribution in [1.29, 1.82) is 0 Å². The number of aromatic nitrogens is 1. The topological polar surface area (TPSA) is 116 Å². The average molecular weight is 527 g/mol. The van der Waals surface area contributed by atoms with Gasteiger partial charge in [0.05, 0.1) is 12.1 Å². The van der Waals surface area contributed by atoms with Crippen molar-refractivity contribution in [1.82, 2.24) is 19.7 Å². The normalized spacial score (nSPS) is 21.9. The van der Waals surface area contributed by atoms with E-state index in [4.69, 9.17) is 9.15 Å². The fraction of sp³-hybridized carbons (Fsp3) is 0.643. The molecule has 2 atom stereocenters. The van der Waals surface area contributed by atoms with Crippen LogP contribution in [0.4, 0.5) is 0 Å². The van der Waals surface area contributed by atoms with Crippen LogP contribution in [0.2, 0.25) is 0 Å². The molecule has 10 heteroatoms. The number of amides is 2. The number of likely N-dealkylation sites (tertiary alicyclic amines) is 3. The second-order valence-corrected chi connectivity index (χ2v) is 11.0. The Balaban J connectivity index is 1.10. The molecule has 206 valence electrons. The van der Waals surface area contributed by atoms with Crippen LogP contribution in [0.3, 0.4) is 0 Å². The maximum absolute atomic E-state index is 13.2. The maximum atomic E-state index is 13.2. The number of oxazole rings is 1. The van der Waals surface area contributed by atoms with Crippen LogP contribution in [-0.4, -0.2) is 88.9 Å². The molecule has 1 aromatic heterocycles. The van der Waals surface area contributed by atoms with Gasteiger partial charge in [0.15, 0.2) is 5.58 Å². The van der Waals surface area contributed by atoms with Gasteiger partial charge < -0.3 is 19.0 Å². The number of hydrogen-bond donors (Lipinski definition) is 1. The van der Waals surface area contributed by atoms with E-state index in [1.165, 1.54) is 0 Å². The first-order chi connectivity index (χ1) is 18.3. The smallest absolute Gasteiger partial charge is 0.417 e. The lowest BCUT2D eigenvalue weighted by Crippen LogP contribution is -2.51. The quantitative estimate of drug-likeness (QED) is 0.525. The summed E-state index contributed by atoms with van der Waals surface area (Å²) in [5.74, 6) is -0.577. The van der Waals surface area contributed by atoms with E-state index in [9.17, 15) is 19.2 Å². The van der Waals surface area contributed by atoms with Gasteiger partial charge in [-0.2, -0.15) is 0 Å². The molecule has 38 heavy (non-hydrogen) atoms. The number of carbonyl (C=O) groups excluding carboxylic acids is 3. The fourth-order valence-corrected chi connectivity index (χ4v) is 6.36. The summed E-state index contributed by atoms with van der Waals surface area (Å²) in [5, 5.41) is 0. The van der Waals surface area contributed by atoms with E-state index < -0.39 is 5.76 Å². The summed E-state index contributed by atoms with van der Waals surface area (Å²) >= 11 is 0. The van der Waals surface area contributed by atoms with Crippen molar-refractivity contribution in [2.75, 3.05) is 39.3 Å². The number of benzene rings is 1. The lowest BCUT2D eigenvalue weighted by molar-refractivity contribution is -0.151. The van der Waals surface area contributed by atoms with Crippen LogP contribution in [-0.2, 0) is 25.5 Å². The van der Waals surface area contributed by atoms with Gasteiger partial charge in [-0.05, 0) is 69.2 Å². The van der Waals surface area contributed by atoms with E-state index in [1.54, 1.807) is 4.90 Å². The summed E-state index contributed by atoms with van der Waals surface area (Å²) in [6, 6.07) is 3.86. The van der Waals surface area contributed by atoms with Gasteiger partial charge in [0, 0.05) is 38.0 Å². The number of nitrogens with zero attached hydrogens (tertiary/aromatic N) is 3. The molecule has 0 aliphatic carbocycles. The lowest BCUT2D eigenvalue weighted by atomic mass is 9.96. The minimum Gasteiger partial charge on any atom is -0.463 e. The van der Waals surface area contributed by atoms with Gasteiger partial charge in [-0.1, -0.05) is 13.0 Å². The first-order valence-corrected chi connectivity index (χ1v) is 13.9. The summed E-state index contributed by atoms with van der Waals surface area (Å²) in [7, 11) is 0. The minimum atomic E-state index is -0.473. The minimum absolute atomic E-state index is 0.130. The van der Waals surface area contributed by atoms with Crippen molar-refractivity contribution in [2.24, 2.45) is 5.92 Å². The summed E-state index contributed by atoms with van der Waals surface area (Å²) in [6.07, 6.45) is 5.48. The molecular weight excluding hydrogens is 488 g/mol. The highest BCUT2D eigenvalue weighted by Gasteiger charge is 2.38. The van der Waals surface area contributed by atoms with Crippen LogP contribution in [0.25, 0.3) is 11.1 Å². The molecule has 1 N–H and O–H groups in total. The van der Waals surface area contributed by atoms with E-state index >= 15 is 0 Å². The van der Waals surface area contributed by atoms with Gasteiger partial charge >= 0.3 is 11.7 Å². The zero-order chi connectivity index (χ0) is 26.8. The lowest BCUT2D eigenvalue weighted by Gasteiger charge is -2.39. The van der Waals surface area contributed by atoms with Gasteiger partial charge in [-0.25, -0.2) is 4.79 Å². The van der Waals surface area contributed by atoms with Crippen LogP contribution in [0.5, 0.6) is 0 Å². The number of aromatic amines is 1. The molecule has 0 unspecified atom stereocenters. The number of piperidine rings is 1. The van der Waals surface area contributed by atoms with E-state index in [0.29, 0.717) is 43.6 Å². The van der Waals surface area contributed by atoms with E-state index in [-0.39, 0.29) is 42.4 Å². The SMILES string of the molecule is Cc1cc(C[C@@H](C)C(=O)N2CCC(N3CCC[C@H]3C(=O)OCCN3CCCC3=O)CC2)cc2oc(=O)[nH]c12. The number of fused-ring (bicyclic) bond motifs is 1. The van der Waals surface area contributed by atoms with Crippen LogP contribution in [0.15, 0.2) is 21.3 Å². The largest absolute Gasteiger partial charge is 0.463 e. The maximum Gasteiger partial charge on any atom is 0.417 e. The number of H-pyrrole nitrogens is 1. The third-order valence-electron chi connectivity index (χ3n) is 8.34. The second-order valence-electron chi connectivity index (χ2n) is 11.0. The molecular formula is C28H38N4O6. The number of ether oxygens (including phenoxy) is 1. The molecule has 3 aliphatic heterocycles. The first kappa shape index (κ1) is 26.5. The molecule has 5 rings (SSSR count). The molecule has 3 saturated heterocycles. The first-order valence-electron chi connectivity index (χ1n) is 13.9. The molecule has 3 aliphatic rings. The van der Waals surface area contributed by atoms with Crippen LogP contribution < -0.4 is 5.76 Å². The highest BCUT2D eigenvalue weighted by atomic mass is 16.5. The summed E-state index contributed by atoms with van der Waals surface area (Å²) < 4.78 is 10.8. The third-order valence-corrected chi connectivity index (χ3v) is 8.34. The Kier molecular flexibility index (Phi) is 7.88. The molecule has 0 saturated carbocycles. The Morgan fingerprint density at radius 3 is 2.63 bits per heavy atom. The zero-order valence-corrected chi connectivity index (χ0v) is 22.4. The zero-order valence-electron chi connectivity index (χ0n) is 22.4. The molecule has 4 heterocycles. The number of esters is 1. The van der Waals surface area contributed by atoms with E-state index in [2.05, 4.69) is 9.88 Å². The molecule has 0 spiro atoms. The van der Waals surface area contributed by atoms with Crippen molar-refractivity contribution >= 4 is 28.9 Å². The van der Waals surface area contributed by atoms with Crippen molar-refractivity contribution in [3.8, 4) is 0 Å². The summed E-state index contributed by atoms with van der Waals surface area (Å²) in [4.78, 5) is 58.1. The van der Waals surface area contributed by atoms with Gasteiger partial charge in [0.2, 0.25) is 11.8 Å². The van der Waals surface area contributed by atoms with Crippen molar-refractivity contribution in [2.45, 2.75) is 70.9 Å². The predicted molar refractivity (Wildman–Crippen MR) is 141 cm³/mol. The second kappa shape index (κ2) is 11.3. The van der Waals surface area contributed by atoms with Gasteiger partial charge in [-0.15, -0.1) is 0 Å². The Labute approximate surface area is 222 Å². The number of carbonyl (C=O) groups is 3. The average Bonchev–Trinajstić information content (AvgIpc) is 3.63. The predicted octanol–water partition coefficient (Wildman–Crippen LogP) is 2.23. The van der Waals surface area contributed by atoms with Gasteiger partial charge in [-0.3, -0.25) is 24.3 Å². The summed E-state index contributed by atoms with van der Waals surface area (Å²) in [5.41, 5.74) is 3.12. The van der Waals surface area contributed by atoms with Gasteiger partial charge in [0.25, 0.3) is 0 Å². The molecule has 0 bridgehead atoms. The van der Waals surface area contributed by atoms with Crippen molar-refractivity contribution in [3.63, 3.8) is 0 Å². The van der Waals surface area contributed by atoms with Crippen molar-refractivity contribution < 1.29 is 23.5 Å². The molecule has 10 nitrogen and oxygen atoms in total. The number of rotatable bonds is 8. The molecule has 2 amide bonds. The highest BCUT2D eigenvalue weighted by molar-refractivity contribution is 5.80. The number of nitrogens with one attached hydrogen (secondary N) is 1. The van der Waals surface area contributed by atoms with Crippen molar-refractivity contribution in [3.05, 3.63) is 33.8 Å². The standard InChI is InChI=1S/C28H38N4O6/c1-18-15-20(17-23-25(18)29-28(36)38-23)16-19(2)26(34)31-11-7-21(8-12-31)32-10-3-5-22(32)27(35)37-14-13-30-9-4-6-24(30)33/h15,17,19,21-22H,3-14,16H2,1-2H3,(H,29,36)/t19-,22+/m1/s1. The molecule has 2 aromatic rings. The monoisotopic (exact) mass is 526 g/mol. The molecule has 1 aromatic carbocycles. The number of hydrogen-bond acceptors (Lipinski definition) is 7.